The summed E-state index contributed by atoms with van der Waals surface area (Å²) in [5, 5.41) is 5.60. The highest BCUT2D eigenvalue weighted by Crippen LogP contribution is 2.43. The first kappa shape index (κ1) is 28.5. The van der Waals surface area contributed by atoms with Crippen molar-refractivity contribution in [3.05, 3.63) is 0 Å². The van der Waals surface area contributed by atoms with Crippen molar-refractivity contribution in [3.63, 3.8) is 0 Å². The van der Waals surface area contributed by atoms with E-state index in [9.17, 15) is 14.5 Å². The molecule has 0 heterocycles. The number of hydrogen-bond donors (Lipinski definition) is 3. The minimum atomic E-state index is -3.39. The number of hydrogen-bond acceptors (Lipinski definition) is 5. The average molecular weight is 453 g/mol. The van der Waals surface area contributed by atoms with Crippen LogP contribution in [0.5, 0.6) is 0 Å². The molecule has 0 spiro atoms. The van der Waals surface area contributed by atoms with Crippen LogP contribution in [0.2, 0.25) is 0 Å². The van der Waals surface area contributed by atoms with Crippen molar-refractivity contribution in [3.8, 4) is 0 Å². The van der Waals surface area contributed by atoms with E-state index in [4.69, 9.17) is 20.9 Å². The summed E-state index contributed by atoms with van der Waals surface area (Å²) in [7, 11) is 1.28. The Morgan fingerprint density at radius 1 is 0.862 bits per heavy atom. The van der Waals surface area contributed by atoms with Gasteiger partial charge in [-0.25, -0.2) is 0 Å². The summed E-state index contributed by atoms with van der Waals surface area (Å²) < 4.78 is 10.3. The largest absolute Gasteiger partial charge is 0.353 e. The molecule has 0 aromatic heterocycles. The van der Waals surface area contributed by atoms with E-state index < -0.39 is 12.8 Å². The second-order valence-electron chi connectivity index (χ2n) is 7.32. The minimum absolute atomic E-state index is 0.0685. The molecule has 1 atom stereocenters. The van der Waals surface area contributed by atoms with Gasteiger partial charge in [0.1, 0.15) is 6.10 Å². The zero-order valence-corrected chi connectivity index (χ0v) is 20.1. The molecule has 2 amide bonds. The Bertz CT molecular complexity index is 463. The molecule has 7 nitrogen and oxygen atoms in total. The molecular formula is C20H41N2O5PS. The van der Waals surface area contributed by atoms with E-state index in [0.29, 0.717) is 12.8 Å². The summed E-state index contributed by atoms with van der Waals surface area (Å²) in [5.74, 6) is -0.137. The van der Waals surface area contributed by atoms with Gasteiger partial charge in [0.25, 0.3) is 0 Å². The summed E-state index contributed by atoms with van der Waals surface area (Å²) in [6, 6.07) is 0. The maximum Gasteiger partial charge on any atom is 0.324 e. The lowest BCUT2D eigenvalue weighted by Gasteiger charge is -2.23. The Kier molecular flexibility index (Phi) is 17.9. The molecule has 3 N–H and O–H groups in total. The molecule has 0 aliphatic heterocycles. The normalized spacial score (nSPS) is 13.3. The molecule has 9 heteroatoms. The fourth-order valence-electron chi connectivity index (χ4n) is 2.79. The van der Waals surface area contributed by atoms with Gasteiger partial charge < -0.3 is 24.6 Å². The van der Waals surface area contributed by atoms with E-state index in [1.165, 1.54) is 32.8 Å². The number of amides is 2. The zero-order chi connectivity index (χ0) is 22.0. The molecule has 1 unspecified atom stereocenters. The first-order chi connectivity index (χ1) is 13.8. The van der Waals surface area contributed by atoms with Crippen LogP contribution in [0.25, 0.3) is 0 Å². The first-order valence-electron chi connectivity index (χ1n) is 10.9. The van der Waals surface area contributed by atoms with Crippen LogP contribution in [0.4, 0.5) is 0 Å². The molecule has 29 heavy (non-hydrogen) atoms. The molecule has 0 aromatic carbocycles. The number of rotatable bonds is 19. The standard InChI is InChI=1S/C20H41N2O5PS/c1-4-6-8-10-12-14-19(23)21-16-18(27-28(25,29)26-3)17-22-20(24)15-13-11-9-7-5-2/h18H,4-17H2,1-3H3,(H,21,23)(H,22,24)(H,25,29). The molecule has 172 valence electrons. The van der Waals surface area contributed by atoms with Crippen LogP contribution in [0.1, 0.15) is 90.9 Å². The highest BCUT2D eigenvalue weighted by Gasteiger charge is 2.22. The molecule has 0 fully saturated rings. The van der Waals surface area contributed by atoms with Gasteiger partial charge in [-0.05, 0) is 24.6 Å². The first-order valence-corrected chi connectivity index (χ1v) is 13.5. The van der Waals surface area contributed by atoms with E-state index in [2.05, 4.69) is 24.5 Å². The number of carbonyl (C=O) groups is 2. The lowest BCUT2D eigenvalue weighted by Crippen LogP contribution is -2.41. The summed E-state index contributed by atoms with van der Waals surface area (Å²) in [6.07, 6.45) is 11.0. The van der Waals surface area contributed by atoms with E-state index in [1.54, 1.807) is 0 Å². The molecule has 0 saturated carbocycles. The van der Waals surface area contributed by atoms with Gasteiger partial charge in [-0.15, -0.1) is 0 Å². The molecule has 0 bridgehead atoms. The Balaban J connectivity index is 4.29. The molecule has 0 saturated heterocycles. The maximum atomic E-state index is 12.0. The molecule has 0 rings (SSSR count). The van der Waals surface area contributed by atoms with Crippen molar-refractivity contribution in [1.29, 1.82) is 0 Å². The Hall–Kier alpha value is -0.530. The second-order valence-corrected chi connectivity index (χ2v) is 10.2. The van der Waals surface area contributed by atoms with Crippen molar-refractivity contribution in [2.75, 3.05) is 20.2 Å². The van der Waals surface area contributed by atoms with Crippen molar-refractivity contribution in [1.82, 2.24) is 10.6 Å². The van der Waals surface area contributed by atoms with E-state index in [-0.39, 0.29) is 24.9 Å². The maximum absolute atomic E-state index is 12.0. The quantitative estimate of drug-likeness (QED) is 0.201. The van der Waals surface area contributed by atoms with Crippen molar-refractivity contribution in [2.45, 2.75) is 97.0 Å². The minimum Gasteiger partial charge on any atom is -0.353 e. The monoisotopic (exact) mass is 452 g/mol. The van der Waals surface area contributed by atoms with Crippen molar-refractivity contribution < 1.29 is 23.5 Å². The van der Waals surface area contributed by atoms with Crippen molar-refractivity contribution in [2.24, 2.45) is 0 Å². The van der Waals surface area contributed by atoms with Gasteiger partial charge in [-0.3, -0.25) is 9.59 Å². The van der Waals surface area contributed by atoms with Crippen LogP contribution < -0.4 is 10.6 Å². The number of carbonyl (C=O) groups excluding carboxylic acids is 2. The third kappa shape index (κ3) is 18.0. The molecular weight excluding hydrogens is 411 g/mol. The Labute approximate surface area is 181 Å². The number of unbranched alkanes of at least 4 members (excludes halogenated alkanes) is 8. The van der Waals surface area contributed by atoms with Crippen LogP contribution in [0, 0.1) is 0 Å². The van der Waals surface area contributed by atoms with Gasteiger partial charge >= 0.3 is 6.72 Å². The summed E-state index contributed by atoms with van der Waals surface area (Å²) >= 11 is 4.90. The highest BCUT2D eigenvalue weighted by atomic mass is 32.5. The van der Waals surface area contributed by atoms with Gasteiger partial charge in [0.15, 0.2) is 0 Å². The Morgan fingerprint density at radius 2 is 1.28 bits per heavy atom. The molecule has 0 radical (unpaired) electrons. The van der Waals surface area contributed by atoms with Crippen LogP contribution in [0.15, 0.2) is 0 Å². The van der Waals surface area contributed by atoms with Crippen molar-refractivity contribution >= 4 is 30.3 Å². The summed E-state index contributed by atoms with van der Waals surface area (Å²) in [4.78, 5) is 34.0. The third-order valence-corrected chi connectivity index (χ3v) is 6.31. The van der Waals surface area contributed by atoms with Crippen LogP contribution in [-0.2, 0) is 30.4 Å². The highest BCUT2D eigenvalue weighted by molar-refractivity contribution is 8.07. The number of nitrogens with one attached hydrogen (secondary N) is 2. The van der Waals surface area contributed by atoms with E-state index >= 15 is 0 Å². The van der Waals surface area contributed by atoms with E-state index in [0.717, 1.165) is 38.5 Å². The van der Waals surface area contributed by atoms with Gasteiger partial charge in [0.05, 0.1) is 0 Å². The molecule has 0 aliphatic carbocycles. The van der Waals surface area contributed by atoms with Gasteiger partial charge in [0.2, 0.25) is 11.8 Å². The predicted octanol–water partition coefficient (Wildman–Crippen LogP) is 4.19. The van der Waals surface area contributed by atoms with Gasteiger partial charge in [0, 0.05) is 33.0 Å². The fourth-order valence-corrected chi connectivity index (χ4v) is 3.77. The molecule has 0 aromatic rings. The SMILES string of the molecule is CCCCCCCC(=O)NCC(CNC(=O)CCCCCCC)OP(O)(=S)OC. The lowest BCUT2D eigenvalue weighted by atomic mass is 10.1. The average Bonchev–Trinajstić information content (AvgIpc) is 2.69. The lowest BCUT2D eigenvalue weighted by molar-refractivity contribution is -0.121. The van der Waals surface area contributed by atoms with Crippen LogP contribution in [-0.4, -0.2) is 43.0 Å². The third-order valence-electron chi connectivity index (χ3n) is 4.58. The summed E-state index contributed by atoms with van der Waals surface area (Å²) in [5.41, 5.74) is 0. The van der Waals surface area contributed by atoms with Crippen LogP contribution in [0.3, 0.4) is 0 Å². The summed E-state index contributed by atoms with van der Waals surface area (Å²) in [6.45, 7) is 1.24. The van der Waals surface area contributed by atoms with E-state index in [1.807, 2.05) is 0 Å². The van der Waals surface area contributed by atoms with Crippen LogP contribution >= 0.6 is 6.72 Å². The fraction of sp³-hybridized carbons (Fsp3) is 0.900. The van der Waals surface area contributed by atoms with Gasteiger partial charge in [-0.2, -0.15) is 0 Å². The second kappa shape index (κ2) is 18.3. The smallest absolute Gasteiger partial charge is 0.324 e. The van der Waals surface area contributed by atoms with Gasteiger partial charge in [-0.1, -0.05) is 65.2 Å². The Morgan fingerprint density at radius 3 is 1.66 bits per heavy atom. The zero-order valence-electron chi connectivity index (χ0n) is 18.4. The topological polar surface area (TPSA) is 96.9 Å². The predicted molar refractivity (Wildman–Crippen MR) is 121 cm³/mol. The molecule has 0 aliphatic rings.